The summed E-state index contributed by atoms with van der Waals surface area (Å²) in [6, 6.07) is 34.8. The molecule has 5 aromatic rings. The van der Waals surface area contributed by atoms with E-state index >= 15 is 0 Å². The highest BCUT2D eigenvalue weighted by molar-refractivity contribution is 5.85. The summed E-state index contributed by atoms with van der Waals surface area (Å²) < 4.78 is 0. The van der Waals surface area contributed by atoms with Gasteiger partial charge in [0, 0.05) is 24.0 Å². The van der Waals surface area contributed by atoms with Crippen molar-refractivity contribution < 1.29 is 0 Å². The first kappa shape index (κ1) is 22.1. The van der Waals surface area contributed by atoms with Crippen molar-refractivity contribution in [3.8, 4) is 11.4 Å². The molecule has 0 saturated carbocycles. The maximum atomic E-state index is 4.75. The number of hydrogen-bond acceptors (Lipinski definition) is 3. The SMILES string of the molecule is C(/C=C/c1ccccc1)=Nc1ccc2nc(-c3ccc(NC/C=C/c4ccccc4)cc3)[nH]c2c1. The Hall–Kier alpha value is -4.70. The molecule has 1 aromatic heterocycles. The second-order valence-electron chi connectivity index (χ2n) is 8.11. The van der Waals surface area contributed by atoms with Crippen molar-refractivity contribution in [1.82, 2.24) is 9.97 Å². The Kier molecular flexibility index (Phi) is 6.92. The zero-order valence-corrected chi connectivity index (χ0v) is 19.3. The van der Waals surface area contributed by atoms with Crippen LogP contribution in [0.2, 0.25) is 0 Å². The number of fused-ring (bicyclic) bond motifs is 1. The number of H-pyrrole nitrogens is 1. The molecule has 4 nitrogen and oxygen atoms in total. The van der Waals surface area contributed by atoms with Gasteiger partial charge in [-0.15, -0.1) is 0 Å². The van der Waals surface area contributed by atoms with Gasteiger partial charge in [0.25, 0.3) is 0 Å². The number of aromatic nitrogens is 2. The fourth-order valence-corrected chi connectivity index (χ4v) is 3.74. The summed E-state index contributed by atoms with van der Waals surface area (Å²) >= 11 is 0. The van der Waals surface area contributed by atoms with Crippen LogP contribution in [0.4, 0.5) is 11.4 Å². The lowest BCUT2D eigenvalue weighted by Gasteiger charge is -2.04. The van der Waals surface area contributed by atoms with E-state index in [4.69, 9.17) is 4.98 Å². The quantitative estimate of drug-likeness (QED) is 0.235. The molecule has 0 aliphatic carbocycles. The van der Waals surface area contributed by atoms with E-state index in [1.54, 1.807) is 0 Å². The summed E-state index contributed by atoms with van der Waals surface area (Å²) in [6.07, 6.45) is 10.0. The lowest BCUT2D eigenvalue weighted by molar-refractivity contribution is 1.32. The molecule has 170 valence electrons. The molecular formula is C31H26N4. The number of benzene rings is 4. The second kappa shape index (κ2) is 10.9. The Labute approximate surface area is 205 Å². The van der Waals surface area contributed by atoms with Crippen LogP contribution in [0.25, 0.3) is 34.6 Å². The number of aliphatic imine (C=N–C) groups is 1. The minimum Gasteiger partial charge on any atom is -0.382 e. The Morgan fingerprint density at radius 2 is 1.49 bits per heavy atom. The zero-order valence-electron chi connectivity index (χ0n) is 19.3. The van der Waals surface area contributed by atoms with Gasteiger partial charge < -0.3 is 10.3 Å². The Balaban J connectivity index is 1.21. The molecule has 0 radical (unpaired) electrons. The number of allylic oxidation sites excluding steroid dienone is 1. The molecule has 0 unspecified atom stereocenters. The van der Waals surface area contributed by atoms with Crippen molar-refractivity contribution in [2.24, 2.45) is 4.99 Å². The third-order valence-corrected chi connectivity index (χ3v) is 5.56. The maximum absolute atomic E-state index is 4.75. The molecule has 0 aliphatic rings. The number of nitrogens with one attached hydrogen (secondary N) is 2. The maximum Gasteiger partial charge on any atom is 0.138 e. The third-order valence-electron chi connectivity index (χ3n) is 5.56. The number of rotatable bonds is 8. The third kappa shape index (κ3) is 6.01. The van der Waals surface area contributed by atoms with Crippen LogP contribution in [0, 0.1) is 0 Å². The predicted molar refractivity (Wildman–Crippen MR) is 149 cm³/mol. The lowest BCUT2D eigenvalue weighted by Crippen LogP contribution is -1.97. The fourth-order valence-electron chi connectivity index (χ4n) is 3.74. The number of nitrogens with zero attached hydrogens (tertiary/aromatic N) is 2. The van der Waals surface area contributed by atoms with Crippen molar-refractivity contribution in [3.63, 3.8) is 0 Å². The van der Waals surface area contributed by atoms with Crippen LogP contribution >= 0.6 is 0 Å². The first-order valence-electron chi connectivity index (χ1n) is 11.6. The zero-order chi connectivity index (χ0) is 23.7. The summed E-state index contributed by atoms with van der Waals surface area (Å²) in [4.78, 5) is 12.7. The minimum atomic E-state index is 0.767. The van der Waals surface area contributed by atoms with Crippen LogP contribution in [-0.4, -0.2) is 22.7 Å². The van der Waals surface area contributed by atoms with Gasteiger partial charge in [-0.25, -0.2) is 4.98 Å². The van der Waals surface area contributed by atoms with E-state index in [1.807, 2.05) is 73.0 Å². The first-order chi connectivity index (χ1) is 17.3. The first-order valence-corrected chi connectivity index (χ1v) is 11.6. The van der Waals surface area contributed by atoms with E-state index < -0.39 is 0 Å². The van der Waals surface area contributed by atoms with Crippen molar-refractivity contribution in [2.45, 2.75) is 0 Å². The molecule has 4 aromatic carbocycles. The highest BCUT2D eigenvalue weighted by Gasteiger charge is 2.06. The summed E-state index contributed by atoms with van der Waals surface area (Å²) in [5, 5.41) is 3.42. The molecule has 2 N–H and O–H groups in total. The van der Waals surface area contributed by atoms with Crippen LogP contribution in [0.1, 0.15) is 11.1 Å². The molecule has 35 heavy (non-hydrogen) atoms. The van der Waals surface area contributed by atoms with Gasteiger partial charge in [0.15, 0.2) is 0 Å². The van der Waals surface area contributed by atoms with Gasteiger partial charge >= 0.3 is 0 Å². The van der Waals surface area contributed by atoms with Gasteiger partial charge in [0.2, 0.25) is 0 Å². The number of aromatic amines is 1. The molecule has 0 amide bonds. The van der Waals surface area contributed by atoms with E-state index in [1.165, 1.54) is 5.56 Å². The monoisotopic (exact) mass is 454 g/mol. The van der Waals surface area contributed by atoms with Crippen molar-refractivity contribution >= 4 is 40.8 Å². The molecule has 0 saturated heterocycles. The molecule has 0 fully saturated rings. The standard InChI is InChI=1S/C31H26N4/c1-3-9-24(10-4-1)13-7-21-32-27-17-15-26(16-18-27)31-34-29-20-19-28(23-30(29)35-31)33-22-8-14-25-11-5-2-6-12-25/h1-20,22-23,32H,21H2,(H,34,35)/b13-7+,14-8+,33-22?. The molecule has 0 aliphatic heterocycles. The normalized spacial score (nSPS) is 11.8. The van der Waals surface area contributed by atoms with Crippen LogP contribution in [0.3, 0.4) is 0 Å². The van der Waals surface area contributed by atoms with Crippen molar-refractivity contribution in [2.75, 3.05) is 11.9 Å². The highest BCUT2D eigenvalue weighted by atomic mass is 14.9. The van der Waals surface area contributed by atoms with E-state index in [0.717, 1.165) is 45.9 Å². The van der Waals surface area contributed by atoms with E-state index in [2.05, 4.69) is 76.0 Å². The van der Waals surface area contributed by atoms with Gasteiger partial charge in [-0.3, -0.25) is 4.99 Å². The molecule has 0 spiro atoms. The summed E-state index contributed by atoms with van der Waals surface area (Å²) in [5.41, 5.74) is 7.24. The minimum absolute atomic E-state index is 0.767. The summed E-state index contributed by atoms with van der Waals surface area (Å²) in [7, 11) is 0. The summed E-state index contributed by atoms with van der Waals surface area (Å²) in [5.74, 6) is 0.848. The Bertz CT molecular complexity index is 1460. The number of imidazole rings is 1. The average Bonchev–Trinajstić information content (AvgIpc) is 3.34. The predicted octanol–water partition coefficient (Wildman–Crippen LogP) is 7.77. The number of hydrogen-bond donors (Lipinski definition) is 2. The van der Waals surface area contributed by atoms with Crippen molar-refractivity contribution in [1.29, 1.82) is 0 Å². The smallest absolute Gasteiger partial charge is 0.138 e. The van der Waals surface area contributed by atoms with Crippen LogP contribution in [0.15, 0.2) is 120 Å². The lowest BCUT2D eigenvalue weighted by atomic mass is 10.2. The Morgan fingerprint density at radius 1 is 0.771 bits per heavy atom. The topological polar surface area (TPSA) is 53.1 Å². The largest absolute Gasteiger partial charge is 0.382 e. The van der Waals surface area contributed by atoms with Crippen molar-refractivity contribution in [3.05, 3.63) is 126 Å². The molecular weight excluding hydrogens is 428 g/mol. The van der Waals surface area contributed by atoms with Gasteiger partial charge in [-0.2, -0.15) is 0 Å². The second-order valence-corrected chi connectivity index (χ2v) is 8.11. The molecule has 0 atom stereocenters. The average molecular weight is 455 g/mol. The van der Waals surface area contributed by atoms with E-state index in [-0.39, 0.29) is 0 Å². The molecule has 4 heteroatoms. The summed E-state index contributed by atoms with van der Waals surface area (Å²) in [6.45, 7) is 0.767. The van der Waals surface area contributed by atoms with Crippen LogP contribution in [-0.2, 0) is 0 Å². The Morgan fingerprint density at radius 3 is 2.23 bits per heavy atom. The van der Waals surface area contributed by atoms with E-state index in [9.17, 15) is 0 Å². The van der Waals surface area contributed by atoms with Crippen LogP contribution in [0.5, 0.6) is 0 Å². The molecule has 0 bridgehead atoms. The van der Waals surface area contributed by atoms with Crippen LogP contribution < -0.4 is 5.32 Å². The molecule has 5 rings (SSSR count). The highest BCUT2D eigenvalue weighted by Crippen LogP contribution is 2.25. The van der Waals surface area contributed by atoms with Gasteiger partial charge in [0.05, 0.1) is 16.7 Å². The number of anilines is 1. The van der Waals surface area contributed by atoms with E-state index in [0.29, 0.717) is 0 Å². The molecule has 1 heterocycles. The van der Waals surface area contributed by atoms with Gasteiger partial charge in [0.1, 0.15) is 5.82 Å². The van der Waals surface area contributed by atoms with Gasteiger partial charge in [-0.1, -0.05) is 78.9 Å². The van der Waals surface area contributed by atoms with Gasteiger partial charge in [-0.05, 0) is 59.7 Å². The fraction of sp³-hybridized carbons (Fsp3) is 0.0323.